The van der Waals surface area contributed by atoms with E-state index in [2.05, 4.69) is 21.3 Å². The first-order chi connectivity index (χ1) is 13.1. The van der Waals surface area contributed by atoms with E-state index in [0.29, 0.717) is 12.1 Å². The maximum absolute atomic E-state index is 9.00. The zero-order valence-corrected chi connectivity index (χ0v) is 19.1. The second-order valence-electron chi connectivity index (χ2n) is 6.07. The molecule has 0 aliphatic rings. The summed E-state index contributed by atoms with van der Waals surface area (Å²) < 4.78 is 10.6. The lowest BCUT2D eigenvalue weighted by molar-refractivity contribution is 0.354. The number of nitrogens with zero attached hydrogens (tertiary/aromatic N) is 3. The summed E-state index contributed by atoms with van der Waals surface area (Å²) in [6, 6.07) is 15.7. The number of benzene rings is 2. The summed E-state index contributed by atoms with van der Waals surface area (Å²) in [5.41, 5.74) is 2.87. The van der Waals surface area contributed by atoms with Gasteiger partial charge in [0.15, 0.2) is 17.5 Å². The maximum Gasteiger partial charge on any atom is 0.193 e. The van der Waals surface area contributed by atoms with E-state index in [4.69, 9.17) is 14.7 Å². The smallest absolute Gasteiger partial charge is 0.193 e. The minimum absolute atomic E-state index is 0. The number of rotatable bonds is 7. The molecule has 0 spiro atoms. The van der Waals surface area contributed by atoms with Crippen LogP contribution in [0, 0.1) is 11.3 Å². The summed E-state index contributed by atoms with van der Waals surface area (Å²) in [6.45, 7) is 1.41. The van der Waals surface area contributed by atoms with Crippen molar-refractivity contribution in [3.8, 4) is 17.6 Å². The Morgan fingerprint density at radius 3 is 2.50 bits per heavy atom. The SMILES string of the molecule is CN=C(NCc1cccc(C#N)c1)N(C)CCc1ccc(OC)c(OC)c1.I. The zero-order valence-electron chi connectivity index (χ0n) is 16.7. The summed E-state index contributed by atoms with van der Waals surface area (Å²) in [5.74, 6) is 2.27. The molecule has 1 N–H and O–H groups in total. The van der Waals surface area contributed by atoms with Crippen LogP contribution >= 0.6 is 24.0 Å². The van der Waals surface area contributed by atoms with Gasteiger partial charge in [0.2, 0.25) is 0 Å². The van der Waals surface area contributed by atoms with Crippen molar-refractivity contribution in [2.75, 3.05) is 34.9 Å². The average molecular weight is 494 g/mol. The molecule has 0 aliphatic carbocycles. The fraction of sp³-hybridized carbons (Fsp3) is 0.333. The Kier molecular flexibility index (Phi) is 10.2. The highest BCUT2D eigenvalue weighted by Gasteiger charge is 2.08. The van der Waals surface area contributed by atoms with E-state index < -0.39 is 0 Å². The topological polar surface area (TPSA) is 69.9 Å². The molecule has 2 aromatic rings. The van der Waals surface area contributed by atoms with Gasteiger partial charge in [0.1, 0.15) is 0 Å². The third-order valence-electron chi connectivity index (χ3n) is 4.26. The van der Waals surface area contributed by atoms with Gasteiger partial charge in [-0.25, -0.2) is 0 Å². The molecule has 150 valence electrons. The minimum Gasteiger partial charge on any atom is -0.493 e. The van der Waals surface area contributed by atoms with Crippen LogP contribution in [0.15, 0.2) is 47.5 Å². The Balaban J connectivity index is 0.00000392. The first-order valence-corrected chi connectivity index (χ1v) is 8.73. The number of methoxy groups -OCH3 is 2. The normalized spacial score (nSPS) is 10.5. The van der Waals surface area contributed by atoms with Crippen molar-refractivity contribution in [2.24, 2.45) is 4.99 Å². The van der Waals surface area contributed by atoms with Crippen molar-refractivity contribution in [1.29, 1.82) is 5.26 Å². The van der Waals surface area contributed by atoms with Gasteiger partial charge >= 0.3 is 0 Å². The van der Waals surface area contributed by atoms with Gasteiger partial charge in [-0.1, -0.05) is 18.2 Å². The summed E-state index contributed by atoms with van der Waals surface area (Å²) in [4.78, 5) is 6.42. The Morgan fingerprint density at radius 1 is 1.11 bits per heavy atom. The van der Waals surface area contributed by atoms with E-state index in [1.165, 1.54) is 0 Å². The molecule has 7 heteroatoms. The van der Waals surface area contributed by atoms with Crippen LogP contribution in [0.2, 0.25) is 0 Å². The largest absolute Gasteiger partial charge is 0.493 e. The van der Waals surface area contributed by atoms with Crippen molar-refractivity contribution >= 4 is 29.9 Å². The zero-order chi connectivity index (χ0) is 19.6. The van der Waals surface area contributed by atoms with E-state index in [1.54, 1.807) is 27.3 Å². The van der Waals surface area contributed by atoms with E-state index in [1.807, 2.05) is 43.4 Å². The molecule has 0 aromatic heterocycles. The van der Waals surface area contributed by atoms with Crippen LogP contribution in [0.25, 0.3) is 0 Å². The molecule has 28 heavy (non-hydrogen) atoms. The summed E-state index contributed by atoms with van der Waals surface area (Å²) in [6.07, 6.45) is 0.849. The standard InChI is InChI=1S/C21H26N4O2.HI/c1-23-21(24-15-18-7-5-6-17(12-18)14-22)25(2)11-10-16-8-9-19(26-3)20(13-16)27-4;/h5-9,12-13H,10-11,15H2,1-4H3,(H,23,24);1H. The van der Waals surface area contributed by atoms with Gasteiger partial charge in [0, 0.05) is 27.2 Å². The Hall–Kier alpha value is -2.47. The molecule has 2 aromatic carbocycles. The highest BCUT2D eigenvalue weighted by atomic mass is 127. The van der Waals surface area contributed by atoms with Crippen molar-refractivity contribution in [2.45, 2.75) is 13.0 Å². The lowest BCUT2D eigenvalue weighted by atomic mass is 10.1. The number of ether oxygens (including phenoxy) is 2. The molecular formula is C21H27IN4O2. The number of hydrogen-bond donors (Lipinski definition) is 1. The van der Waals surface area contributed by atoms with Gasteiger partial charge in [-0.05, 0) is 41.8 Å². The van der Waals surface area contributed by atoms with Gasteiger partial charge in [0.25, 0.3) is 0 Å². The molecule has 0 aliphatic heterocycles. The van der Waals surface area contributed by atoms with Crippen molar-refractivity contribution in [3.05, 3.63) is 59.2 Å². The van der Waals surface area contributed by atoms with Crippen LogP contribution < -0.4 is 14.8 Å². The lowest BCUT2D eigenvalue weighted by Crippen LogP contribution is -2.39. The number of nitriles is 1. The van der Waals surface area contributed by atoms with Gasteiger partial charge in [0.05, 0.1) is 25.9 Å². The Bertz CT molecular complexity index is 833. The molecule has 0 amide bonds. The van der Waals surface area contributed by atoms with Crippen molar-refractivity contribution in [3.63, 3.8) is 0 Å². The number of likely N-dealkylation sites (N-methyl/N-ethyl adjacent to an activating group) is 1. The first kappa shape index (κ1) is 23.6. The van der Waals surface area contributed by atoms with Gasteiger partial charge < -0.3 is 19.7 Å². The summed E-state index contributed by atoms with van der Waals surface area (Å²) >= 11 is 0. The number of hydrogen-bond acceptors (Lipinski definition) is 4. The number of guanidine groups is 1. The highest BCUT2D eigenvalue weighted by Crippen LogP contribution is 2.27. The third-order valence-corrected chi connectivity index (χ3v) is 4.26. The van der Waals surface area contributed by atoms with E-state index >= 15 is 0 Å². The van der Waals surface area contributed by atoms with Crippen LogP contribution in [0.1, 0.15) is 16.7 Å². The van der Waals surface area contributed by atoms with E-state index in [-0.39, 0.29) is 24.0 Å². The fourth-order valence-corrected chi connectivity index (χ4v) is 2.76. The summed E-state index contributed by atoms with van der Waals surface area (Å²) in [5, 5.41) is 12.3. The predicted molar refractivity (Wildman–Crippen MR) is 123 cm³/mol. The molecule has 0 radical (unpaired) electrons. The Morgan fingerprint density at radius 2 is 1.86 bits per heavy atom. The van der Waals surface area contributed by atoms with E-state index in [9.17, 15) is 0 Å². The van der Waals surface area contributed by atoms with Crippen LogP contribution in [-0.2, 0) is 13.0 Å². The average Bonchev–Trinajstić information content (AvgIpc) is 2.72. The Labute approximate surface area is 184 Å². The molecule has 0 heterocycles. The number of nitrogens with one attached hydrogen (secondary N) is 1. The number of halogens is 1. The summed E-state index contributed by atoms with van der Waals surface area (Å²) in [7, 11) is 7.04. The van der Waals surface area contributed by atoms with Crippen molar-refractivity contribution < 1.29 is 9.47 Å². The molecule has 0 saturated carbocycles. The molecule has 0 atom stereocenters. The van der Waals surface area contributed by atoms with Crippen LogP contribution in [0.3, 0.4) is 0 Å². The quantitative estimate of drug-likeness (QED) is 0.363. The predicted octanol–water partition coefficient (Wildman–Crippen LogP) is 3.44. The third kappa shape index (κ3) is 6.60. The molecular weight excluding hydrogens is 467 g/mol. The monoisotopic (exact) mass is 494 g/mol. The molecule has 0 bridgehead atoms. The lowest BCUT2D eigenvalue weighted by Gasteiger charge is -2.22. The highest BCUT2D eigenvalue weighted by molar-refractivity contribution is 14.0. The van der Waals surface area contributed by atoms with Gasteiger partial charge in [-0.15, -0.1) is 24.0 Å². The van der Waals surface area contributed by atoms with Crippen LogP contribution in [0.5, 0.6) is 11.5 Å². The second-order valence-corrected chi connectivity index (χ2v) is 6.07. The molecule has 6 nitrogen and oxygen atoms in total. The first-order valence-electron chi connectivity index (χ1n) is 8.73. The van der Waals surface area contributed by atoms with Gasteiger partial charge in [-0.2, -0.15) is 5.26 Å². The minimum atomic E-state index is 0. The molecule has 2 rings (SSSR count). The van der Waals surface area contributed by atoms with E-state index in [0.717, 1.165) is 41.6 Å². The maximum atomic E-state index is 9.00. The van der Waals surface area contributed by atoms with Crippen LogP contribution in [-0.4, -0.2) is 45.7 Å². The van der Waals surface area contributed by atoms with Crippen LogP contribution in [0.4, 0.5) is 0 Å². The van der Waals surface area contributed by atoms with Crippen molar-refractivity contribution in [1.82, 2.24) is 10.2 Å². The molecule has 0 fully saturated rings. The van der Waals surface area contributed by atoms with Gasteiger partial charge in [-0.3, -0.25) is 4.99 Å². The second kappa shape index (κ2) is 12.1. The number of aliphatic imine (C=N–C) groups is 1. The molecule has 0 unspecified atom stereocenters. The molecule has 0 saturated heterocycles. The fourth-order valence-electron chi connectivity index (χ4n) is 2.76.